The average molecular weight is 314 g/mol. The quantitative estimate of drug-likeness (QED) is 0.909. The molecule has 0 spiro atoms. The van der Waals surface area contributed by atoms with Crippen molar-refractivity contribution in [2.45, 2.75) is 33.7 Å². The maximum Gasteiger partial charge on any atom is 0.283 e. The minimum atomic E-state index is -0.0578. The first-order chi connectivity index (χ1) is 8.49. The van der Waals surface area contributed by atoms with Gasteiger partial charge in [-0.25, -0.2) is 4.68 Å². The Bertz CT molecular complexity index is 484. The second-order valence-corrected chi connectivity index (χ2v) is 6.40. The zero-order valence-electron chi connectivity index (χ0n) is 11.1. The Labute approximate surface area is 116 Å². The molecule has 5 heteroatoms. The Morgan fingerprint density at radius 3 is 2.83 bits per heavy atom. The van der Waals surface area contributed by atoms with E-state index in [-0.39, 0.29) is 5.56 Å². The van der Waals surface area contributed by atoms with Crippen LogP contribution in [0.5, 0.6) is 0 Å². The molecule has 1 N–H and O–H groups in total. The predicted molar refractivity (Wildman–Crippen MR) is 76.8 cm³/mol. The SMILES string of the molecule is CC(C)Cn1ncc(NCC2CC2C)c(Br)c1=O. The fraction of sp³-hybridized carbons (Fsp3) is 0.692. The summed E-state index contributed by atoms with van der Waals surface area (Å²) in [5.74, 6) is 1.97. The molecule has 0 radical (unpaired) electrons. The van der Waals surface area contributed by atoms with E-state index in [4.69, 9.17) is 0 Å². The summed E-state index contributed by atoms with van der Waals surface area (Å²) in [6, 6.07) is 0. The highest BCUT2D eigenvalue weighted by molar-refractivity contribution is 9.10. The third kappa shape index (κ3) is 3.13. The molecule has 18 heavy (non-hydrogen) atoms. The molecule has 100 valence electrons. The van der Waals surface area contributed by atoms with Crippen molar-refractivity contribution in [1.82, 2.24) is 9.78 Å². The molecular weight excluding hydrogens is 294 g/mol. The van der Waals surface area contributed by atoms with E-state index in [0.29, 0.717) is 16.9 Å². The van der Waals surface area contributed by atoms with Crippen molar-refractivity contribution in [3.63, 3.8) is 0 Å². The lowest BCUT2D eigenvalue weighted by atomic mass is 10.2. The Balaban J connectivity index is 2.08. The van der Waals surface area contributed by atoms with Gasteiger partial charge in [-0.2, -0.15) is 5.10 Å². The second-order valence-electron chi connectivity index (χ2n) is 5.61. The first kappa shape index (κ1) is 13.6. The van der Waals surface area contributed by atoms with Crippen molar-refractivity contribution in [3.05, 3.63) is 21.0 Å². The van der Waals surface area contributed by atoms with Crippen LogP contribution in [0.25, 0.3) is 0 Å². The summed E-state index contributed by atoms with van der Waals surface area (Å²) in [5.41, 5.74) is 0.747. The second kappa shape index (κ2) is 5.43. The van der Waals surface area contributed by atoms with Crippen molar-refractivity contribution in [3.8, 4) is 0 Å². The highest BCUT2D eigenvalue weighted by Crippen LogP contribution is 2.37. The highest BCUT2D eigenvalue weighted by atomic mass is 79.9. The number of rotatable bonds is 5. The molecule has 0 aliphatic heterocycles. The minimum absolute atomic E-state index is 0.0578. The van der Waals surface area contributed by atoms with Crippen LogP contribution in [0.3, 0.4) is 0 Å². The van der Waals surface area contributed by atoms with E-state index in [0.717, 1.165) is 24.1 Å². The van der Waals surface area contributed by atoms with Crippen LogP contribution in [-0.2, 0) is 6.54 Å². The third-order valence-corrected chi connectivity index (χ3v) is 4.12. The summed E-state index contributed by atoms with van der Waals surface area (Å²) < 4.78 is 2.10. The number of hydrogen-bond donors (Lipinski definition) is 1. The van der Waals surface area contributed by atoms with E-state index >= 15 is 0 Å². The van der Waals surface area contributed by atoms with Gasteiger partial charge in [0.15, 0.2) is 0 Å². The number of nitrogens with zero attached hydrogens (tertiary/aromatic N) is 2. The van der Waals surface area contributed by atoms with Gasteiger partial charge in [-0.1, -0.05) is 20.8 Å². The number of nitrogens with one attached hydrogen (secondary N) is 1. The van der Waals surface area contributed by atoms with Gasteiger partial charge in [-0.15, -0.1) is 0 Å². The highest BCUT2D eigenvalue weighted by Gasteiger charge is 2.32. The first-order valence-corrected chi connectivity index (χ1v) is 7.27. The number of anilines is 1. The van der Waals surface area contributed by atoms with E-state index in [1.807, 2.05) is 0 Å². The molecule has 0 saturated heterocycles. The zero-order valence-corrected chi connectivity index (χ0v) is 12.7. The van der Waals surface area contributed by atoms with E-state index in [9.17, 15) is 4.79 Å². The Morgan fingerprint density at radius 1 is 1.61 bits per heavy atom. The van der Waals surface area contributed by atoms with Crippen molar-refractivity contribution in [2.24, 2.45) is 17.8 Å². The first-order valence-electron chi connectivity index (χ1n) is 6.48. The zero-order chi connectivity index (χ0) is 13.3. The van der Waals surface area contributed by atoms with Gasteiger partial charge in [0.05, 0.1) is 11.9 Å². The molecule has 1 aromatic heterocycles. The standard InChI is InChI=1S/C13H20BrN3O/c1-8(2)7-17-13(18)12(14)11(6-16-17)15-5-10-4-9(10)3/h6,8-10,15H,4-5,7H2,1-3H3. The molecule has 1 aromatic rings. The summed E-state index contributed by atoms with van der Waals surface area (Å²) in [7, 11) is 0. The average Bonchev–Trinajstić information content (AvgIpc) is 3.00. The summed E-state index contributed by atoms with van der Waals surface area (Å²) in [4.78, 5) is 12.1. The molecule has 2 unspecified atom stereocenters. The van der Waals surface area contributed by atoms with Gasteiger partial charge in [0.2, 0.25) is 0 Å². The molecule has 2 rings (SSSR count). The van der Waals surface area contributed by atoms with Gasteiger partial charge in [0.1, 0.15) is 4.47 Å². The number of aromatic nitrogens is 2. The van der Waals surface area contributed by atoms with Gasteiger partial charge in [-0.05, 0) is 40.1 Å². The fourth-order valence-electron chi connectivity index (χ4n) is 1.99. The minimum Gasteiger partial charge on any atom is -0.382 e. The van der Waals surface area contributed by atoms with Crippen molar-refractivity contribution in [1.29, 1.82) is 0 Å². The van der Waals surface area contributed by atoms with Crippen LogP contribution in [0.1, 0.15) is 27.2 Å². The van der Waals surface area contributed by atoms with Crippen LogP contribution in [0.2, 0.25) is 0 Å². The van der Waals surface area contributed by atoms with Crippen LogP contribution in [0.4, 0.5) is 5.69 Å². The lowest BCUT2D eigenvalue weighted by Gasteiger charge is -2.11. The third-order valence-electron chi connectivity index (χ3n) is 3.35. The lowest BCUT2D eigenvalue weighted by Crippen LogP contribution is -2.26. The summed E-state index contributed by atoms with van der Waals surface area (Å²) in [6.45, 7) is 7.97. The molecule has 0 amide bonds. The van der Waals surface area contributed by atoms with E-state index in [1.165, 1.54) is 11.1 Å². The Morgan fingerprint density at radius 2 is 2.28 bits per heavy atom. The molecule has 1 aliphatic carbocycles. The van der Waals surface area contributed by atoms with Crippen LogP contribution in [0.15, 0.2) is 15.5 Å². The van der Waals surface area contributed by atoms with Crippen LogP contribution in [0, 0.1) is 17.8 Å². The smallest absolute Gasteiger partial charge is 0.283 e. The topological polar surface area (TPSA) is 46.9 Å². The predicted octanol–water partition coefficient (Wildman–Crippen LogP) is 2.73. The van der Waals surface area contributed by atoms with Gasteiger partial charge < -0.3 is 5.32 Å². The van der Waals surface area contributed by atoms with Gasteiger partial charge >= 0.3 is 0 Å². The van der Waals surface area contributed by atoms with Gasteiger partial charge in [0.25, 0.3) is 5.56 Å². The van der Waals surface area contributed by atoms with Gasteiger partial charge in [-0.3, -0.25) is 4.79 Å². The van der Waals surface area contributed by atoms with Crippen LogP contribution in [-0.4, -0.2) is 16.3 Å². The van der Waals surface area contributed by atoms with Crippen LogP contribution >= 0.6 is 15.9 Å². The van der Waals surface area contributed by atoms with E-state index in [2.05, 4.69) is 47.1 Å². The molecule has 1 heterocycles. The molecule has 1 saturated carbocycles. The molecule has 0 bridgehead atoms. The summed E-state index contributed by atoms with van der Waals surface area (Å²) >= 11 is 3.37. The summed E-state index contributed by atoms with van der Waals surface area (Å²) in [6.07, 6.45) is 3.02. The Kier molecular flexibility index (Phi) is 4.10. The fourth-order valence-corrected chi connectivity index (χ4v) is 2.44. The molecule has 2 atom stereocenters. The monoisotopic (exact) mass is 313 g/mol. The van der Waals surface area contributed by atoms with E-state index < -0.39 is 0 Å². The molecule has 0 aromatic carbocycles. The summed E-state index contributed by atoms with van der Waals surface area (Å²) in [5, 5.41) is 7.51. The number of halogens is 1. The number of hydrogen-bond acceptors (Lipinski definition) is 3. The maximum atomic E-state index is 12.1. The normalized spacial score (nSPS) is 22.3. The van der Waals surface area contributed by atoms with Crippen molar-refractivity contribution in [2.75, 3.05) is 11.9 Å². The lowest BCUT2D eigenvalue weighted by molar-refractivity contribution is 0.462. The molecular formula is C13H20BrN3O. The van der Waals surface area contributed by atoms with Crippen molar-refractivity contribution >= 4 is 21.6 Å². The van der Waals surface area contributed by atoms with Crippen molar-refractivity contribution < 1.29 is 0 Å². The van der Waals surface area contributed by atoms with E-state index in [1.54, 1.807) is 6.20 Å². The molecule has 1 fully saturated rings. The largest absolute Gasteiger partial charge is 0.382 e. The Hall–Kier alpha value is -0.840. The molecule has 1 aliphatic rings. The van der Waals surface area contributed by atoms with Gasteiger partial charge in [0, 0.05) is 13.1 Å². The molecule has 4 nitrogen and oxygen atoms in total. The maximum absolute atomic E-state index is 12.1. The van der Waals surface area contributed by atoms with Crippen LogP contribution < -0.4 is 10.9 Å².